The molecule has 2 aromatic rings. The highest BCUT2D eigenvalue weighted by Gasteiger charge is 2.28. The minimum atomic E-state index is -1.24. The van der Waals surface area contributed by atoms with Crippen LogP contribution in [0, 0.1) is 0 Å². The van der Waals surface area contributed by atoms with Crippen molar-refractivity contribution in [2.45, 2.75) is 31.8 Å². The maximum absolute atomic E-state index is 12.5. The van der Waals surface area contributed by atoms with Gasteiger partial charge in [-0.3, -0.25) is 4.79 Å². The predicted molar refractivity (Wildman–Crippen MR) is 87.3 cm³/mol. The molecule has 1 aromatic heterocycles. The second-order valence-corrected chi connectivity index (χ2v) is 5.70. The fourth-order valence-corrected chi connectivity index (χ4v) is 2.46. The lowest BCUT2D eigenvalue weighted by molar-refractivity contribution is -0.124. The average Bonchev–Trinajstić information content (AvgIpc) is 3.10. The summed E-state index contributed by atoms with van der Waals surface area (Å²) >= 11 is 0. The smallest absolute Gasteiger partial charge is 0.227 e. The maximum atomic E-state index is 12.5. The van der Waals surface area contributed by atoms with Gasteiger partial charge in [-0.15, -0.1) is 0 Å². The number of hydrogen-bond acceptors (Lipinski definition) is 4. The molecule has 0 saturated heterocycles. The summed E-state index contributed by atoms with van der Waals surface area (Å²) in [5.41, 5.74) is -0.319. The molecule has 0 aliphatic carbocycles. The molecule has 2 rings (SSSR count). The Labute approximate surface area is 136 Å². The summed E-state index contributed by atoms with van der Waals surface area (Å²) in [5, 5.41) is 13.2. The third-order valence-electron chi connectivity index (χ3n) is 3.90. The van der Waals surface area contributed by atoms with E-state index >= 15 is 0 Å². The van der Waals surface area contributed by atoms with Gasteiger partial charge in [0.25, 0.3) is 0 Å². The van der Waals surface area contributed by atoms with Crippen molar-refractivity contribution in [2.75, 3.05) is 13.7 Å². The molecule has 5 heteroatoms. The van der Waals surface area contributed by atoms with Crippen LogP contribution in [0.4, 0.5) is 0 Å². The minimum absolute atomic E-state index is 0.0893. The van der Waals surface area contributed by atoms with Crippen LogP contribution in [0.1, 0.15) is 37.5 Å². The van der Waals surface area contributed by atoms with Crippen LogP contribution < -0.4 is 10.1 Å². The maximum Gasteiger partial charge on any atom is 0.227 e. The zero-order valence-electron chi connectivity index (χ0n) is 13.7. The number of methoxy groups -OCH3 is 1. The SMILES string of the molecule is CCC(C(=O)NCC(C)(O)c1ccco1)c1ccc(OC)cc1. The molecular weight excluding hydrogens is 294 g/mol. The van der Waals surface area contributed by atoms with Gasteiger partial charge in [-0.1, -0.05) is 19.1 Å². The summed E-state index contributed by atoms with van der Waals surface area (Å²) in [4.78, 5) is 12.5. The topological polar surface area (TPSA) is 71.7 Å². The number of benzene rings is 1. The van der Waals surface area contributed by atoms with E-state index in [4.69, 9.17) is 9.15 Å². The Hall–Kier alpha value is -2.27. The molecule has 1 aromatic carbocycles. The van der Waals surface area contributed by atoms with Crippen LogP contribution in [0.15, 0.2) is 47.1 Å². The molecule has 1 amide bonds. The van der Waals surface area contributed by atoms with Crippen molar-refractivity contribution in [1.82, 2.24) is 5.32 Å². The highest BCUT2D eigenvalue weighted by atomic mass is 16.5. The molecule has 0 bridgehead atoms. The van der Waals surface area contributed by atoms with Crippen LogP contribution >= 0.6 is 0 Å². The molecule has 0 aliphatic rings. The number of rotatable bonds is 7. The lowest BCUT2D eigenvalue weighted by atomic mass is 9.95. The number of hydrogen-bond donors (Lipinski definition) is 2. The van der Waals surface area contributed by atoms with Gasteiger partial charge in [0.2, 0.25) is 5.91 Å². The number of furan rings is 1. The largest absolute Gasteiger partial charge is 0.497 e. The van der Waals surface area contributed by atoms with Crippen molar-refractivity contribution in [3.8, 4) is 5.75 Å². The van der Waals surface area contributed by atoms with Gasteiger partial charge in [0, 0.05) is 0 Å². The van der Waals surface area contributed by atoms with Crippen molar-refractivity contribution < 1.29 is 19.1 Å². The number of nitrogens with one attached hydrogen (secondary N) is 1. The van der Waals surface area contributed by atoms with Gasteiger partial charge in [0.05, 0.1) is 25.8 Å². The first-order valence-electron chi connectivity index (χ1n) is 7.66. The van der Waals surface area contributed by atoms with Gasteiger partial charge in [-0.05, 0) is 43.2 Å². The Kier molecular flexibility index (Phi) is 5.45. The minimum Gasteiger partial charge on any atom is -0.497 e. The van der Waals surface area contributed by atoms with Crippen LogP contribution in [-0.4, -0.2) is 24.7 Å². The van der Waals surface area contributed by atoms with Crippen LogP contribution in [-0.2, 0) is 10.4 Å². The molecule has 2 N–H and O–H groups in total. The van der Waals surface area contributed by atoms with Gasteiger partial charge >= 0.3 is 0 Å². The lowest BCUT2D eigenvalue weighted by Crippen LogP contribution is -2.40. The number of amides is 1. The van der Waals surface area contributed by atoms with Gasteiger partial charge in [-0.2, -0.15) is 0 Å². The van der Waals surface area contributed by atoms with E-state index in [2.05, 4.69) is 5.32 Å². The zero-order chi connectivity index (χ0) is 16.9. The Morgan fingerprint density at radius 3 is 2.57 bits per heavy atom. The van der Waals surface area contributed by atoms with Crippen LogP contribution in [0.5, 0.6) is 5.75 Å². The average molecular weight is 317 g/mol. The van der Waals surface area contributed by atoms with Crippen molar-refractivity contribution in [1.29, 1.82) is 0 Å². The molecule has 0 spiro atoms. The standard InChI is InChI=1S/C18H23NO4/c1-4-15(13-7-9-14(22-3)10-8-13)17(20)19-12-18(2,21)16-6-5-11-23-16/h5-11,15,21H,4,12H2,1-3H3,(H,19,20). The molecule has 0 aliphatic heterocycles. The Bertz CT molecular complexity index is 617. The fourth-order valence-electron chi connectivity index (χ4n) is 2.46. The summed E-state index contributed by atoms with van der Waals surface area (Å²) in [5.74, 6) is 0.790. The highest BCUT2D eigenvalue weighted by Crippen LogP contribution is 2.24. The summed E-state index contributed by atoms with van der Waals surface area (Å²) in [7, 11) is 1.61. The third-order valence-corrected chi connectivity index (χ3v) is 3.90. The van der Waals surface area contributed by atoms with E-state index in [1.165, 1.54) is 6.26 Å². The number of carbonyl (C=O) groups excluding carboxylic acids is 1. The first kappa shape index (κ1) is 17.1. The van der Waals surface area contributed by atoms with Crippen molar-refractivity contribution in [3.63, 3.8) is 0 Å². The van der Waals surface area contributed by atoms with E-state index in [-0.39, 0.29) is 18.4 Å². The predicted octanol–water partition coefficient (Wildman–Crippen LogP) is 2.81. The van der Waals surface area contributed by atoms with Gasteiger partial charge in [0.15, 0.2) is 0 Å². The van der Waals surface area contributed by atoms with Crippen LogP contribution in [0.25, 0.3) is 0 Å². The van der Waals surface area contributed by atoms with Gasteiger partial charge < -0.3 is 19.6 Å². The molecule has 124 valence electrons. The van der Waals surface area contributed by atoms with Crippen LogP contribution in [0.3, 0.4) is 0 Å². The fraction of sp³-hybridized carbons (Fsp3) is 0.389. The number of carbonyl (C=O) groups is 1. The second-order valence-electron chi connectivity index (χ2n) is 5.70. The van der Waals surface area contributed by atoms with Crippen molar-refractivity contribution in [3.05, 3.63) is 54.0 Å². The molecule has 0 saturated carbocycles. The second kappa shape index (κ2) is 7.33. The molecule has 0 radical (unpaired) electrons. The summed E-state index contributed by atoms with van der Waals surface area (Å²) in [6.07, 6.45) is 2.17. The van der Waals surface area contributed by atoms with Crippen molar-refractivity contribution >= 4 is 5.91 Å². The summed E-state index contributed by atoms with van der Waals surface area (Å²) in [6.45, 7) is 3.66. The van der Waals surface area contributed by atoms with E-state index in [9.17, 15) is 9.90 Å². The number of aliphatic hydroxyl groups is 1. The van der Waals surface area contributed by atoms with Gasteiger partial charge in [0.1, 0.15) is 17.1 Å². The van der Waals surface area contributed by atoms with E-state index in [0.29, 0.717) is 12.2 Å². The first-order valence-corrected chi connectivity index (χ1v) is 7.66. The Balaban J connectivity index is 2.02. The molecule has 0 fully saturated rings. The highest BCUT2D eigenvalue weighted by molar-refractivity contribution is 5.83. The Morgan fingerprint density at radius 2 is 2.04 bits per heavy atom. The number of ether oxygens (including phenoxy) is 1. The molecular formula is C18H23NO4. The first-order chi connectivity index (χ1) is 11.0. The van der Waals surface area contributed by atoms with E-state index in [0.717, 1.165) is 11.3 Å². The Morgan fingerprint density at radius 1 is 1.35 bits per heavy atom. The monoisotopic (exact) mass is 317 g/mol. The summed E-state index contributed by atoms with van der Waals surface area (Å²) in [6, 6.07) is 10.8. The van der Waals surface area contributed by atoms with Crippen molar-refractivity contribution in [2.24, 2.45) is 0 Å². The zero-order valence-corrected chi connectivity index (χ0v) is 13.7. The molecule has 2 atom stereocenters. The van der Waals surface area contributed by atoms with Crippen LogP contribution in [0.2, 0.25) is 0 Å². The van der Waals surface area contributed by atoms with E-state index < -0.39 is 5.60 Å². The third kappa shape index (κ3) is 4.13. The van der Waals surface area contributed by atoms with E-state index in [1.54, 1.807) is 26.2 Å². The molecule has 2 unspecified atom stereocenters. The summed E-state index contributed by atoms with van der Waals surface area (Å²) < 4.78 is 10.3. The molecule has 23 heavy (non-hydrogen) atoms. The molecule has 5 nitrogen and oxygen atoms in total. The lowest BCUT2D eigenvalue weighted by Gasteiger charge is -2.23. The van der Waals surface area contributed by atoms with Gasteiger partial charge in [-0.25, -0.2) is 0 Å². The molecule has 1 heterocycles. The quantitative estimate of drug-likeness (QED) is 0.824. The normalized spacial score (nSPS) is 14.8. The van der Waals surface area contributed by atoms with E-state index in [1.807, 2.05) is 31.2 Å².